The van der Waals surface area contributed by atoms with Crippen molar-refractivity contribution in [2.24, 2.45) is 0 Å². The molecule has 264 valence electrons. The van der Waals surface area contributed by atoms with Gasteiger partial charge < -0.3 is 38.4 Å². The van der Waals surface area contributed by atoms with Crippen LogP contribution in [0.4, 0.5) is 17.1 Å². The van der Waals surface area contributed by atoms with E-state index in [-0.39, 0.29) is 6.10 Å². The Kier molecular flexibility index (Phi) is 11.0. The highest BCUT2D eigenvalue weighted by Gasteiger charge is 2.45. The molecule has 0 bridgehead atoms. The summed E-state index contributed by atoms with van der Waals surface area (Å²) in [5.41, 5.74) is 4.36. The summed E-state index contributed by atoms with van der Waals surface area (Å²) in [5, 5.41) is 2.00. The van der Waals surface area contributed by atoms with E-state index in [1.165, 1.54) is 29.9 Å². The molecule has 3 aliphatic rings. The number of imidazole rings is 1. The number of halogens is 2. The third-order valence-corrected chi connectivity index (χ3v) is 10.7. The van der Waals surface area contributed by atoms with Gasteiger partial charge in [-0.25, -0.2) is 4.98 Å². The lowest BCUT2D eigenvalue weighted by Crippen LogP contribution is -2.49. The monoisotopic (exact) mass is 734 g/mol. The Morgan fingerprint density at radius 2 is 1.60 bits per heavy atom. The molecule has 12 heteroatoms. The van der Waals surface area contributed by atoms with Gasteiger partial charge in [0.05, 0.1) is 24.5 Å². The van der Waals surface area contributed by atoms with Crippen LogP contribution in [0.5, 0.6) is 5.75 Å². The molecule has 0 spiro atoms. The van der Waals surface area contributed by atoms with Gasteiger partial charge in [-0.2, -0.15) is 0 Å². The van der Waals surface area contributed by atoms with Crippen molar-refractivity contribution < 1.29 is 14.2 Å². The maximum Gasteiger partial charge on any atom is 0.215 e. The number of piperazine rings is 1. The van der Waals surface area contributed by atoms with Crippen LogP contribution >= 0.6 is 35.4 Å². The zero-order valence-electron chi connectivity index (χ0n) is 28.4. The molecule has 3 saturated heterocycles. The number of unbranched alkanes of at least 4 members (excludes halogenated alkanes) is 1. The Morgan fingerprint density at radius 1 is 0.900 bits per heavy atom. The van der Waals surface area contributed by atoms with Gasteiger partial charge in [0.15, 0.2) is 5.11 Å². The number of thiocarbonyl (C=S) groups is 1. The molecule has 3 fully saturated rings. The van der Waals surface area contributed by atoms with Crippen molar-refractivity contribution in [2.75, 3.05) is 73.7 Å². The van der Waals surface area contributed by atoms with Gasteiger partial charge in [0.25, 0.3) is 0 Å². The van der Waals surface area contributed by atoms with Crippen molar-refractivity contribution in [3.63, 3.8) is 0 Å². The van der Waals surface area contributed by atoms with Gasteiger partial charge in [0.1, 0.15) is 18.5 Å². The van der Waals surface area contributed by atoms with Crippen LogP contribution in [0.25, 0.3) is 0 Å². The highest BCUT2D eigenvalue weighted by molar-refractivity contribution is 7.80. The first kappa shape index (κ1) is 34.9. The summed E-state index contributed by atoms with van der Waals surface area (Å²) >= 11 is 18.7. The summed E-state index contributed by atoms with van der Waals surface area (Å²) in [5.74, 6) is -0.296. The van der Waals surface area contributed by atoms with E-state index in [9.17, 15) is 0 Å². The second kappa shape index (κ2) is 15.8. The molecule has 1 aromatic heterocycles. The number of anilines is 3. The summed E-state index contributed by atoms with van der Waals surface area (Å²) in [6.45, 7) is 10.2. The Labute approximate surface area is 310 Å². The molecule has 7 rings (SSSR count). The Bertz CT molecular complexity index is 1720. The Morgan fingerprint density at radius 3 is 2.26 bits per heavy atom. The minimum atomic E-state index is -1.08. The topological polar surface area (TPSA) is 58.5 Å². The van der Waals surface area contributed by atoms with Crippen LogP contribution < -0.4 is 19.4 Å². The second-order valence-corrected chi connectivity index (χ2v) is 14.3. The Balaban J connectivity index is 0.906. The van der Waals surface area contributed by atoms with Gasteiger partial charge in [-0.15, -0.1) is 0 Å². The van der Waals surface area contributed by atoms with Crippen molar-refractivity contribution in [2.45, 2.75) is 44.6 Å². The second-order valence-electron chi connectivity index (χ2n) is 13.1. The van der Waals surface area contributed by atoms with Gasteiger partial charge in [-0.1, -0.05) is 42.6 Å². The summed E-state index contributed by atoms with van der Waals surface area (Å²) in [6.07, 6.45) is 8.54. The molecule has 50 heavy (non-hydrogen) atoms. The fourth-order valence-corrected chi connectivity index (χ4v) is 7.89. The van der Waals surface area contributed by atoms with Crippen LogP contribution in [-0.4, -0.2) is 84.7 Å². The van der Waals surface area contributed by atoms with Gasteiger partial charge in [-0.3, -0.25) is 0 Å². The van der Waals surface area contributed by atoms with E-state index in [1.54, 1.807) is 24.7 Å². The summed E-state index contributed by atoms with van der Waals surface area (Å²) < 4.78 is 20.9. The predicted molar refractivity (Wildman–Crippen MR) is 205 cm³/mol. The quantitative estimate of drug-likeness (QED) is 0.138. The van der Waals surface area contributed by atoms with E-state index >= 15 is 0 Å². The third-order valence-electron chi connectivity index (χ3n) is 9.69. The largest absolute Gasteiger partial charge is 0.491 e. The average Bonchev–Trinajstić information content (AvgIpc) is 3.81. The standard InChI is InChI=1S/C38H44Cl2N6O3S/c1-2-3-16-45-17-4-18-46(37(45)50)32-8-6-30(7-9-32)43-20-22-44(23-21-43)31-10-12-33(13-11-31)47-25-34-26-48-38(49-34,27-42-19-15-41-28-42)35-14-5-29(39)24-36(35)40/h5-15,19,24,28,34H,2-4,16-18,20-23,25-27H2,1H3/t34-,38-/m1/s1. The fourth-order valence-electron chi connectivity index (χ4n) is 6.96. The summed E-state index contributed by atoms with van der Waals surface area (Å²) in [4.78, 5) is 13.7. The van der Waals surface area contributed by atoms with Crippen LogP contribution in [-0.2, 0) is 21.8 Å². The van der Waals surface area contributed by atoms with Crippen molar-refractivity contribution in [1.29, 1.82) is 0 Å². The van der Waals surface area contributed by atoms with E-state index in [4.69, 9.17) is 49.6 Å². The Hall–Kier alpha value is -3.54. The molecule has 3 aromatic carbocycles. The highest BCUT2D eigenvalue weighted by atomic mass is 35.5. The molecular weight excluding hydrogens is 691 g/mol. The van der Waals surface area contributed by atoms with Crippen LogP contribution in [0.2, 0.25) is 10.0 Å². The molecule has 9 nitrogen and oxygen atoms in total. The number of ether oxygens (including phenoxy) is 3. The zero-order valence-corrected chi connectivity index (χ0v) is 30.8. The van der Waals surface area contributed by atoms with E-state index in [1.807, 2.05) is 29.0 Å². The van der Waals surface area contributed by atoms with Crippen molar-refractivity contribution >= 4 is 57.6 Å². The van der Waals surface area contributed by atoms with Crippen LogP contribution in [0.1, 0.15) is 31.7 Å². The van der Waals surface area contributed by atoms with Crippen molar-refractivity contribution in [3.05, 3.63) is 101 Å². The number of hydrogen-bond donors (Lipinski definition) is 0. The van der Waals surface area contributed by atoms with Crippen molar-refractivity contribution in [3.8, 4) is 5.75 Å². The maximum absolute atomic E-state index is 6.62. The smallest absolute Gasteiger partial charge is 0.215 e. The van der Waals surface area contributed by atoms with Gasteiger partial charge in [-0.05, 0) is 85.7 Å². The first-order valence-electron chi connectivity index (χ1n) is 17.5. The number of benzene rings is 3. The van der Waals surface area contributed by atoms with Crippen LogP contribution in [0.3, 0.4) is 0 Å². The van der Waals surface area contributed by atoms with Crippen LogP contribution in [0.15, 0.2) is 85.5 Å². The molecule has 2 atom stereocenters. The van der Waals surface area contributed by atoms with Gasteiger partial charge in [0, 0.05) is 85.9 Å². The van der Waals surface area contributed by atoms with E-state index in [0.29, 0.717) is 29.8 Å². The minimum Gasteiger partial charge on any atom is -0.491 e. The predicted octanol–water partition coefficient (Wildman–Crippen LogP) is 7.46. The number of aromatic nitrogens is 2. The zero-order chi connectivity index (χ0) is 34.5. The average molecular weight is 736 g/mol. The molecule has 0 saturated carbocycles. The number of hydrogen-bond acceptors (Lipinski definition) is 7. The normalized spacial score (nSPS) is 21.3. The molecule has 0 unspecified atom stereocenters. The summed E-state index contributed by atoms with van der Waals surface area (Å²) in [6, 6.07) is 22.6. The van der Waals surface area contributed by atoms with E-state index in [2.05, 4.69) is 67.9 Å². The number of nitrogens with zero attached hydrogens (tertiary/aromatic N) is 6. The highest BCUT2D eigenvalue weighted by Crippen LogP contribution is 2.40. The van der Waals surface area contributed by atoms with Crippen LogP contribution in [0, 0.1) is 0 Å². The summed E-state index contributed by atoms with van der Waals surface area (Å²) in [7, 11) is 0. The molecule has 4 aromatic rings. The first-order valence-corrected chi connectivity index (χ1v) is 18.7. The molecule has 0 amide bonds. The molecular formula is C38H44Cl2N6O3S. The fraction of sp³-hybridized carbons (Fsp3) is 0.421. The molecule has 0 radical (unpaired) electrons. The molecule has 0 N–H and O–H groups in total. The maximum atomic E-state index is 6.62. The van der Waals surface area contributed by atoms with Gasteiger partial charge >= 0.3 is 0 Å². The van der Waals surface area contributed by atoms with E-state index < -0.39 is 5.79 Å². The van der Waals surface area contributed by atoms with E-state index in [0.717, 1.165) is 68.7 Å². The SMILES string of the molecule is CCCCN1CCCN(c2ccc(N3CCN(c4ccc(OC[C@@H]5CO[C@@](Cn6ccnc6)(c6ccc(Cl)cc6Cl)O5)cc4)CC3)cc2)C1=S. The van der Waals surface area contributed by atoms with Crippen molar-refractivity contribution in [1.82, 2.24) is 14.5 Å². The molecule has 4 heterocycles. The molecule has 0 aliphatic carbocycles. The number of rotatable bonds is 12. The third kappa shape index (κ3) is 7.85. The lowest BCUT2D eigenvalue weighted by molar-refractivity contribution is -0.189. The first-order chi connectivity index (χ1) is 24.4. The lowest BCUT2D eigenvalue weighted by atomic mass is 10.1. The minimum absolute atomic E-state index is 0.288. The lowest BCUT2D eigenvalue weighted by Gasteiger charge is -2.39. The molecule has 3 aliphatic heterocycles. The van der Waals surface area contributed by atoms with Gasteiger partial charge in [0.2, 0.25) is 5.79 Å².